The van der Waals surface area contributed by atoms with Crippen molar-refractivity contribution in [2.75, 3.05) is 17.3 Å². The Hall–Kier alpha value is -4.10. The molecule has 41 heavy (non-hydrogen) atoms. The van der Waals surface area contributed by atoms with Crippen molar-refractivity contribution >= 4 is 34.8 Å². The van der Waals surface area contributed by atoms with Crippen LogP contribution < -0.4 is 15.0 Å². The first kappa shape index (κ1) is 27.1. The van der Waals surface area contributed by atoms with E-state index in [-0.39, 0.29) is 23.6 Å². The van der Waals surface area contributed by atoms with Crippen molar-refractivity contribution in [2.45, 2.75) is 59.0 Å². The highest BCUT2D eigenvalue weighted by molar-refractivity contribution is 6.31. The smallest absolute Gasteiger partial charge is 0.280 e. The Morgan fingerprint density at radius 1 is 0.976 bits per heavy atom. The number of anilines is 2. The molecule has 6 rings (SSSR count). The molecular formula is C33H33ClN4O3. The van der Waals surface area contributed by atoms with E-state index in [1.165, 1.54) is 0 Å². The van der Waals surface area contributed by atoms with Crippen LogP contribution in [0.15, 0.2) is 54.6 Å². The number of nitrogens with one attached hydrogen (secondary N) is 1. The summed E-state index contributed by atoms with van der Waals surface area (Å²) in [5.41, 5.74) is 4.98. The lowest BCUT2D eigenvalue weighted by atomic mass is 9.86. The van der Waals surface area contributed by atoms with Gasteiger partial charge in [0.1, 0.15) is 11.6 Å². The minimum Gasteiger partial charge on any atom is -0.496 e. The van der Waals surface area contributed by atoms with Crippen molar-refractivity contribution in [3.63, 3.8) is 0 Å². The number of halogens is 1. The van der Waals surface area contributed by atoms with Crippen molar-refractivity contribution < 1.29 is 14.3 Å². The van der Waals surface area contributed by atoms with Gasteiger partial charge in [-0.3, -0.25) is 14.5 Å². The molecule has 3 heterocycles. The second-order valence-electron chi connectivity index (χ2n) is 11.5. The van der Waals surface area contributed by atoms with Crippen molar-refractivity contribution in [3.05, 3.63) is 93.3 Å². The lowest BCUT2D eigenvalue weighted by Gasteiger charge is -2.36. The van der Waals surface area contributed by atoms with Crippen LogP contribution in [-0.4, -0.2) is 28.5 Å². The van der Waals surface area contributed by atoms with Gasteiger partial charge in [-0.2, -0.15) is 0 Å². The average molecular weight is 569 g/mol. The average Bonchev–Trinajstić information content (AvgIpc) is 3.53. The van der Waals surface area contributed by atoms with Crippen molar-refractivity contribution in [1.29, 1.82) is 0 Å². The van der Waals surface area contributed by atoms with Crippen molar-refractivity contribution in [2.24, 2.45) is 0 Å². The van der Waals surface area contributed by atoms with E-state index in [0.717, 1.165) is 22.3 Å². The summed E-state index contributed by atoms with van der Waals surface area (Å²) in [6, 6.07) is 17.2. The standard InChI is InChI=1S/C33H33ClN4O3/c1-17(2)21-10-12-23(27(15-21)41-7)30-36-28-29(37(30)18(3)4)33(24-13-11-22(34)16-25(24)35-32(33)40)38(31(28)39)26-14-19(5)8-9-20(26)6/h8-18H,1-7H3,(H,35,40). The molecule has 0 bridgehead atoms. The van der Waals surface area contributed by atoms with E-state index in [4.69, 9.17) is 21.3 Å². The summed E-state index contributed by atoms with van der Waals surface area (Å²) >= 11 is 6.37. The first-order valence-electron chi connectivity index (χ1n) is 13.8. The predicted molar refractivity (Wildman–Crippen MR) is 162 cm³/mol. The van der Waals surface area contributed by atoms with Gasteiger partial charge in [-0.25, -0.2) is 4.98 Å². The summed E-state index contributed by atoms with van der Waals surface area (Å²) in [7, 11) is 1.64. The Morgan fingerprint density at radius 3 is 2.41 bits per heavy atom. The molecule has 2 amide bonds. The third-order valence-electron chi connectivity index (χ3n) is 8.20. The van der Waals surface area contributed by atoms with Gasteiger partial charge < -0.3 is 14.6 Å². The highest BCUT2D eigenvalue weighted by atomic mass is 35.5. The summed E-state index contributed by atoms with van der Waals surface area (Å²) in [6.45, 7) is 12.3. The van der Waals surface area contributed by atoms with Crippen LogP contribution in [0.4, 0.5) is 11.4 Å². The van der Waals surface area contributed by atoms with Gasteiger partial charge in [0.25, 0.3) is 11.8 Å². The summed E-state index contributed by atoms with van der Waals surface area (Å²) in [6.07, 6.45) is 0. The number of fused-ring (bicyclic) bond motifs is 4. The van der Waals surface area contributed by atoms with Crippen LogP contribution >= 0.6 is 11.6 Å². The van der Waals surface area contributed by atoms with Crippen LogP contribution in [0.5, 0.6) is 5.75 Å². The second kappa shape index (κ2) is 9.48. The molecule has 0 aliphatic carbocycles. The molecule has 3 aromatic carbocycles. The van der Waals surface area contributed by atoms with Crippen LogP contribution in [0.3, 0.4) is 0 Å². The van der Waals surface area contributed by atoms with E-state index in [1.54, 1.807) is 24.1 Å². The predicted octanol–water partition coefficient (Wildman–Crippen LogP) is 7.39. The maximum Gasteiger partial charge on any atom is 0.280 e. The molecule has 1 spiro atoms. The number of hydrogen-bond donors (Lipinski definition) is 1. The number of carbonyl (C=O) groups is 2. The lowest BCUT2D eigenvalue weighted by Crippen LogP contribution is -2.51. The Morgan fingerprint density at radius 2 is 1.73 bits per heavy atom. The molecular weight excluding hydrogens is 536 g/mol. The quantitative estimate of drug-likeness (QED) is 0.272. The third kappa shape index (κ3) is 3.75. The number of amides is 2. The van der Waals surface area contributed by atoms with Crippen molar-refractivity contribution in [3.8, 4) is 17.1 Å². The van der Waals surface area contributed by atoms with E-state index >= 15 is 0 Å². The van der Waals surface area contributed by atoms with Gasteiger partial charge in [0.2, 0.25) is 0 Å². The van der Waals surface area contributed by atoms with Crippen LogP contribution in [0.1, 0.15) is 78.1 Å². The number of benzene rings is 3. The first-order chi connectivity index (χ1) is 19.5. The summed E-state index contributed by atoms with van der Waals surface area (Å²) in [5.74, 6) is 0.913. The molecule has 2 aliphatic rings. The normalized spacial score (nSPS) is 17.6. The maximum atomic E-state index is 14.6. The molecule has 0 saturated carbocycles. The van der Waals surface area contributed by atoms with Crippen LogP contribution in [0, 0.1) is 13.8 Å². The van der Waals surface area contributed by atoms with E-state index < -0.39 is 5.54 Å². The number of imidazole rings is 1. The number of carbonyl (C=O) groups excluding carboxylic acids is 2. The third-order valence-corrected chi connectivity index (χ3v) is 8.43. The number of rotatable bonds is 5. The fraction of sp³-hybridized carbons (Fsp3) is 0.303. The molecule has 0 radical (unpaired) electrons. The Labute approximate surface area is 245 Å². The number of methoxy groups -OCH3 is 1. The largest absolute Gasteiger partial charge is 0.496 e. The maximum absolute atomic E-state index is 14.6. The van der Waals surface area contributed by atoms with E-state index in [9.17, 15) is 9.59 Å². The van der Waals surface area contributed by atoms with E-state index in [1.807, 2.05) is 68.7 Å². The molecule has 210 valence electrons. The van der Waals surface area contributed by atoms with E-state index in [2.05, 4.69) is 25.2 Å². The SMILES string of the molecule is COc1cc(C(C)C)ccc1-c1nc2c(n1C(C)C)C1(C(=O)Nc3cc(Cl)ccc31)N(c1cc(C)ccc1C)C2=O. The fourth-order valence-electron chi connectivity index (χ4n) is 6.21. The number of ether oxygens (including phenoxy) is 1. The Bertz CT molecular complexity index is 1760. The topological polar surface area (TPSA) is 76.5 Å². The van der Waals surface area contributed by atoms with Gasteiger partial charge in [-0.1, -0.05) is 49.7 Å². The van der Waals surface area contributed by atoms with Gasteiger partial charge in [-0.05, 0) is 80.6 Å². The zero-order valence-electron chi connectivity index (χ0n) is 24.3. The van der Waals surface area contributed by atoms with Crippen LogP contribution in [-0.2, 0) is 10.3 Å². The van der Waals surface area contributed by atoms with Gasteiger partial charge >= 0.3 is 0 Å². The minimum absolute atomic E-state index is 0.136. The summed E-state index contributed by atoms with van der Waals surface area (Å²) < 4.78 is 7.86. The highest BCUT2D eigenvalue weighted by Gasteiger charge is 2.64. The molecule has 0 fully saturated rings. The molecule has 8 heteroatoms. The van der Waals surface area contributed by atoms with Gasteiger partial charge in [-0.15, -0.1) is 0 Å². The van der Waals surface area contributed by atoms with Gasteiger partial charge in [0.15, 0.2) is 11.2 Å². The Kier molecular flexibility index (Phi) is 6.27. The molecule has 1 atom stereocenters. The number of hydrogen-bond acceptors (Lipinski definition) is 4. The molecule has 4 aromatic rings. The number of aromatic nitrogens is 2. The Balaban J connectivity index is 1.72. The monoisotopic (exact) mass is 568 g/mol. The number of aryl methyl sites for hydroxylation is 2. The van der Waals surface area contributed by atoms with Crippen LogP contribution in [0.25, 0.3) is 11.4 Å². The highest BCUT2D eigenvalue weighted by Crippen LogP contribution is 2.55. The van der Waals surface area contributed by atoms with Gasteiger partial charge in [0.05, 0.1) is 18.4 Å². The minimum atomic E-state index is -1.48. The first-order valence-corrected chi connectivity index (χ1v) is 14.2. The zero-order valence-corrected chi connectivity index (χ0v) is 25.1. The molecule has 1 unspecified atom stereocenters. The molecule has 2 aliphatic heterocycles. The molecule has 0 saturated heterocycles. The van der Waals surface area contributed by atoms with Crippen LogP contribution in [0.2, 0.25) is 5.02 Å². The zero-order chi connectivity index (χ0) is 29.4. The van der Waals surface area contributed by atoms with Crippen molar-refractivity contribution in [1.82, 2.24) is 9.55 Å². The summed E-state index contributed by atoms with van der Waals surface area (Å²) in [5, 5.41) is 3.54. The molecule has 1 aromatic heterocycles. The lowest BCUT2D eigenvalue weighted by molar-refractivity contribution is -0.119. The van der Waals surface area contributed by atoms with Gasteiger partial charge in [0, 0.05) is 28.0 Å². The summed E-state index contributed by atoms with van der Waals surface area (Å²) in [4.78, 5) is 35.6. The second-order valence-corrected chi connectivity index (χ2v) is 11.9. The molecule has 1 N–H and O–H groups in total. The molecule has 7 nitrogen and oxygen atoms in total. The van der Waals surface area contributed by atoms with E-state index in [0.29, 0.717) is 45.1 Å². The fourth-order valence-corrected chi connectivity index (χ4v) is 6.39. The number of nitrogens with zero attached hydrogens (tertiary/aromatic N) is 3.